The van der Waals surface area contributed by atoms with Crippen molar-refractivity contribution in [1.82, 2.24) is 5.32 Å². The molecule has 0 aliphatic carbocycles. The molecular weight excluding hydrogens is 458 g/mol. The first-order valence-corrected chi connectivity index (χ1v) is 13.5. The lowest BCUT2D eigenvalue weighted by molar-refractivity contribution is -0.144. The average molecular weight is 506 g/mol. The summed E-state index contributed by atoms with van der Waals surface area (Å²) in [6.07, 6.45) is 13.7. The van der Waals surface area contributed by atoms with Crippen LogP contribution in [0, 0.1) is 11.8 Å². The zero-order valence-corrected chi connectivity index (χ0v) is 22.9. The molecule has 1 saturated heterocycles. The van der Waals surface area contributed by atoms with Crippen molar-refractivity contribution in [2.45, 2.75) is 123 Å². The Hall–Kier alpha value is -1.96. The molecule has 2 rings (SSSR count). The van der Waals surface area contributed by atoms with Crippen molar-refractivity contribution in [3.05, 3.63) is 36.0 Å². The van der Waals surface area contributed by atoms with Crippen LogP contribution in [0.5, 0.6) is 0 Å². The number of ether oxygens (including phenoxy) is 2. The summed E-state index contributed by atoms with van der Waals surface area (Å²) >= 11 is 0. The molecule has 1 unspecified atom stereocenters. The number of hydrogen-bond donors (Lipinski definition) is 3. The molecule has 204 valence electrons. The van der Waals surface area contributed by atoms with Gasteiger partial charge in [-0.2, -0.15) is 0 Å². The summed E-state index contributed by atoms with van der Waals surface area (Å²) in [6, 6.07) is -0.215. The van der Waals surface area contributed by atoms with Gasteiger partial charge in [0.1, 0.15) is 6.10 Å². The number of aliphatic hydroxyl groups is 2. The molecule has 0 aromatic rings. The molecule has 3 N–H and O–H groups in total. The van der Waals surface area contributed by atoms with Gasteiger partial charge in [0.15, 0.2) is 0 Å². The van der Waals surface area contributed by atoms with E-state index in [1.807, 2.05) is 52.0 Å². The number of hydrogen-bond acceptors (Lipinski definition) is 6. The third kappa shape index (κ3) is 10.2. The zero-order chi connectivity index (χ0) is 26.9. The van der Waals surface area contributed by atoms with Gasteiger partial charge >= 0.3 is 5.97 Å². The van der Waals surface area contributed by atoms with Crippen molar-refractivity contribution < 1.29 is 29.3 Å². The van der Waals surface area contributed by atoms with Crippen LogP contribution in [-0.4, -0.2) is 58.1 Å². The third-order valence-corrected chi connectivity index (χ3v) is 7.27. The summed E-state index contributed by atoms with van der Waals surface area (Å²) in [4.78, 5) is 24.0. The quantitative estimate of drug-likeness (QED) is 0.186. The van der Waals surface area contributed by atoms with Gasteiger partial charge in [0.2, 0.25) is 5.91 Å². The summed E-state index contributed by atoms with van der Waals surface area (Å²) in [7, 11) is 0. The summed E-state index contributed by atoms with van der Waals surface area (Å²) in [6.45, 7) is 11.1. The van der Waals surface area contributed by atoms with E-state index in [0.29, 0.717) is 19.3 Å². The van der Waals surface area contributed by atoms with E-state index in [2.05, 4.69) is 5.32 Å². The number of amides is 1. The van der Waals surface area contributed by atoms with Crippen LogP contribution in [0.2, 0.25) is 0 Å². The first-order valence-electron chi connectivity index (χ1n) is 13.5. The molecule has 0 aromatic carbocycles. The van der Waals surface area contributed by atoms with Crippen LogP contribution in [-0.2, 0) is 19.1 Å². The van der Waals surface area contributed by atoms with Crippen molar-refractivity contribution in [2.75, 3.05) is 0 Å². The number of carbonyl (C=O) groups is 2. The molecule has 7 heteroatoms. The Balaban J connectivity index is 2.06. The summed E-state index contributed by atoms with van der Waals surface area (Å²) < 4.78 is 11.2. The van der Waals surface area contributed by atoms with E-state index in [1.54, 1.807) is 13.0 Å². The van der Waals surface area contributed by atoms with E-state index in [1.165, 1.54) is 6.92 Å². The first-order chi connectivity index (χ1) is 16.9. The molecule has 7 nitrogen and oxygen atoms in total. The van der Waals surface area contributed by atoms with Crippen LogP contribution in [0.3, 0.4) is 0 Å². The predicted octanol–water partition coefficient (Wildman–Crippen LogP) is 4.38. The molecule has 0 aromatic heterocycles. The second-order valence-electron chi connectivity index (χ2n) is 10.8. The Kier molecular flexibility index (Phi) is 11.9. The maximum Gasteiger partial charge on any atom is 0.303 e. The van der Waals surface area contributed by atoms with Gasteiger partial charge in [-0.15, -0.1) is 0 Å². The fourth-order valence-electron chi connectivity index (χ4n) is 4.89. The number of esters is 1. The van der Waals surface area contributed by atoms with Crippen molar-refractivity contribution in [3.8, 4) is 0 Å². The highest BCUT2D eigenvalue weighted by atomic mass is 16.6. The normalized spacial score (nSPS) is 32.4. The fourth-order valence-corrected chi connectivity index (χ4v) is 4.89. The van der Waals surface area contributed by atoms with Crippen LogP contribution in [0.4, 0.5) is 0 Å². The van der Waals surface area contributed by atoms with Gasteiger partial charge in [-0.3, -0.25) is 9.59 Å². The molecule has 1 amide bonds. The zero-order valence-electron chi connectivity index (χ0n) is 22.9. The minimum atomic E-state index is -1.05. The largest absolute Gasteiger partial charge is 0.458 e. The predicted molar refractivity (Wildman–Crippen MR) is 141 cm³/mol. The van der Waals surface area contributed by atoms with Crippen molar-refractivity contribution >= 4 is 11.9 Å². The second-order valence-corrected chi connectivity index (χ2v) is 10.8. The molecule has 2 aliphatic heterocycles. The van der Waals surface area contributed by atoms with E-state index >= 15 is 0 Å². The average Bonchev–Trinajstić information content (AvgIpc) is 3.55. The van der Waals surface area contributed by atoms with Crippen molar-refractivity contribution in [1.29, 1.82) is 0 Å². The lowest BCUT2D eigenvalue weighted by Crippen LogP contribution is -2.40. The Morgan fingerprint density at radius 2 is 2.03 bits per heavy atom. The van der Waals surface area contributed by atoms with E-state index < -0.39 is 11.7 Å². The van der Waals surface area contributed by atoms with Gasteiger partial charge in [0, 0.05) is 25.7 Å². The molecule has 1 fully saturated rings. The third-order valence-electron chi connectivity index (χ3n) is 7.27. The van der Waals surface area contributed by atoms with E-state index in [4.69, 9.17) is 9.47 Å². The van der Waals surface area contributed by atoms with Crippen LogP contribution >= 0.6 is 0 Å². The SMILES string of the molecule is CC[C@H](O)[C@@H](C)[C@H]1O[C@H]1C[C@@](C)(O)/C=C/C=C(\C)[C@H]1NC(=O)CCCCCC(OC(C)=O)/C=C/[C@@H]1C. The maximum absolute atomic E-state index is 12.6. The Labute approximate surface area is 217 Å². The Morgan fingerprint density at radius 3 is 2.69 bits per heavy atom. The molecule has 0 bridgehead atoms. The standard InChI is InChI=1S/C29H47NO6/c1-7-24(32)21(4)28-25(36-28)18-29(6,34)17-11-12-19(2)27-20(3)15-16-23(35-22(5)31)13-9-8-10-14-26(33)30-27/h11-12,15-17,20-21,23-25,27-28,32,34H,7-10,13-14,18H2,1-6H3,(H,30,33)/b16-15+,17-11+,19-12+/t20-,21+,23?,24-,25-,27+,28+,29-/m0/s1. The molecule has 36 heavy (non-hydrogen) atoms. The fraction of sp³-hybridized carbons (Fsp3) is 0.724. The minimum Gasteiger partial charge on any atom is -0.458 e. The number of allylic oxidation sites excluding steroid dienone is 2. The van der Waals surface area contributed by atoms with Gasteiger partial charge in [-0.25, -0.2) is 0 Å². The van der Waals surface area contributed by atoms with Crippen molar-refractivity contribution in [3.63, 3.8) is 0 Å². The molecule has 0 spiro atoms. The lowest BCUT2D eigenvalue weighted by atomic mass is 9.91. The highest BCUT2D eigenvalue weighted by Gasteiger charge is 2.47. The monoisotopic (exact) mass is 505 g/mol. The van der Waals surface area contributed by atoms with Gasteiger partial charge < -0.3 is 25.0 Å². The molecule has 0 saturated carbocycles. The number of carbonyl (C=O) groups excluding carboxylic acids is 2. The number of nitrogens with one attached hydrogen (secondary N) is 1. The summed E-state index contributed by atoms with van der Waals surface area (Å²) in [5.41, 5.74) is -0.0834. The topological polar surface area (TPSA) is 108 Å². The first kappa shape index (κ1) is 30.3. The number of epoxide rings is 1. The molecule has 2 aliphatic rings. The van der Waals surface area contributed by atoms with Crippen molar-refractivity contribution in [2.24, 2.45) is 11.8 Å². The summed E-state index contributed by atoms with van der Waals surface area (Å²) in [5.74, 6) is -0.229. The van der Waals surface area contributed by atoms with E-state index in [0.717, 1.165) is 31.3 Å². The van der Waals surface area contributed by atoms with Crippen LogP contribution in [0.15, 0.2) is 36.0 Å². The van der Waals surface area contributed by atoms with Gasteiger partial charge in [0.05, 0.1) is 30.0 Å². The highest BCUT2D eigenvalue weighted by Crippen LogP contribution is 2.37. The van der Waals surface area contributed by atoms with Gasteiger partial charge in [0.25, 0.3) is 0 Å². The maximum atomic E-state index is 12.6. The molecule has 2 heterocycles. The smallest absolute Gasteiger partial charge is 0.303 e. The molecule has 0 radical (unpaired) electrons. The summed E-state index contributed by atoms with van der Waals surface area (Å²) in [5, 5.41) is 24.1. The van der Waals surface area contributed by atoms with Gasteiger partial charge in [-0.05, 0) is 51.5 Å². The minimum absolute atomic E-state index is 0.0105. The molecular formula is C29H47NO6. The Bertz CT molecular complexity index is 817. The van der Waals surface area contributed by atoms with Gasteiger partial charge in [-0.1, -0.05) is 57.1 Å². The second kappa shape index (κ2) is 14.1. The highest BCUT2D eigenvalue weighted by molar-refractivity contribution is 5.76. The van der Waals surface area contributed by atoms with Crippen LogP contribution < -0.4 is 5.32 Å². The van der Waals surface area contributed by atoms with E-state index in [-0.39, 0.29) is 48.1 Å². The lowest BCUT2D eigenvalue weighted by Gasteiger charge is -2.25. The van der Waals surface area contributed by atoms with Crippen LogP contribution in [0.25, 0.3) is 0 Å². The number of aliphatic hydroxyl groups excluding tert-OH is 1. The molecule has 8 atom stereocenters. The number of rotatable bonds is 9. The van der Waals surface area contributed by atoms with E-state index in [9.17, 15) is 19.8 Å². The van der Waals surface area contributed by atoms with Crippen LogP contribution in [0.1, 0.15) is 86.5 Å². The Morgan fingerprint density at radius 1 is 1.31 bits per heavy atom.